The van der Waals surface area contributed by atoms with Gasteiger partial charge in [0, 0.05) is 12.1 Å². The Morgan fingerprint density at radius 2 is 2.11 bits per heavy atom. The minimum absolute atomic E-state index is 0.277. The Hall–Kier alpha value is -1.52. The molecule has 0 saturated heterocycles. The van der Waals surface area contributed by atoms with Gasteiger partial charge in [-0.15, -0.1) is 0 Å². The van der Waals surface area contributed by atoms with Gasteiger partial charge in [-0.2, -0.15) is 5.10 Å². The number of carbonyl (C=O) groups excluding carboxylic acids is 1. The van der Waals surface area contributed by atoms with Crippen LogP contribution in [0.15, 0.2) is 18.2 Å². The molecule has 0 atom stereocenters. The van der Waals surface area contributed by atoms with Gasteiger partial charge in [0.2, 0.25) is 0 Å². The molecule has 0 bridgehead atoms. The standard InChI is InChI=1S/C13H12Cl2N2O2/c1-8-3-11(17(2)16-8)7-19-13-9(6-18)4-10(14)5-12(13)15/h3-6H,7H2,1-2H3. The molecule has 1 heterocycles. The number of aldehydes is 1. The lowest BCUT2D eigenvalue weighted by Crippen LogP contribution is -2.04. The predicted octanol–water partition coefficient (Wildman–Crippen LogP) is 3.43. The zero-order chi connectivity index (χ0) is 14.0. The third kappa shape index (κ3) is 3.08. The van der Waals surface area contributed by atoms with Crippen molar-refractivity contribution in [2.24, 2.45) is 7.05 Å². The zero-order valence-electron chi connectivity index (χ0n) is 10.5. The molecule has 0 aliphatic carbocycles. The SMILES string of the molecule is Cc1cc(COc2c(Cl)cc(Cl)cc2C=O)n(C)n1. The van der Waals surface area contributed by atoms with Gasteiger partial charge in [-0.05, 0) is 25.1 Å². The van der Waals surface area contributed by atoms with Crippen LogP contribution in [0.2, 0.25) is 10.0 Å². The van der Waals surface area contributed by atoms with Crippen LogP contribution in [0.4, 0.5) is 0 Å². The van der Waals surface area contributed by atoms with Crippen LogP contribution in [0, 0.1) is 6.92 Å². The molecule has 100 valence electrons. The molecule has 0 radical (unpaired) electrons. The van der Waals surface area contributed by atoms with Gasteiger partial charge in [-0.1, -0.05) is 23.2 Å². The molecule has 0 amide bonds. The van der Waals surface area contributed by atoms with E-state index in [2.05, 4.69) is 5.10 Å². The molecule has 0 fully saturated rings. The van der Waals surface area contributed by atoms with Crippen LogP contribution < -0.4 is 4.74 Å². The molecule has 1 aromatic carbocycles. The van der Waals surface area contributed by atoms with E-state index in [-0.39, 0.29) is 6.61 Å². The van der Waals surface area contributed by atoms with Crippen molar-refractivity contribution in [3.8, 4) is 5.75 Å². The minimum atomic E-state index is 0.277. The fourth-order valence-corrected chi connectivity index (χ4v) is 2.33. The number of aryl methyl sites for hydroxylation is 2. The second kappa shape index (κ2) is 5.63. The number of aromatic nitrogens is 2. The summed E-state index contributed by atoms with van der Waals surface area (Å²) in [4.78, 5) is 11.0. The van der Waals surface area contributed by atoms with Crippen molar-refractivity contribution in [2.45, 2.75) is 13.5 Å². The first-order valence-electron chi connectivity index (χ1n) is 5.58. The number of rotatable bonds is 4. The van der Waals surface area contributed by atoms with E-state index in [1.54, 1.807) is 10.7 Å². The summed E-state index contributed by atoms with van der Waals surface area (Å²) >= 11 is 11.9. The fourth-order valence-electron chi connectivity index (χ4n) is 1.77. The molecule has 4 nitrogen and oxygen atoms in total. The van der Waals surface area contributed by atoms with E-state index >= 15 is 0 Å². The summed E-state index contributed by atoms with van der Waals surface area (Å²) in [6, 6.07) is 4.97. The van der Waals surface area contributed by atoms with E-state index in [1.807, 2.05) is 20.0 Å². The Bertz CT molecular complexity index is 623. The fraction of sp³-hybridized carbons (Fsp3) is 0.231. The third-order valence-corrected chi connectivity index (χ3v) is 3.13. The van der Waals surface area contributed by atoms with Gasteiger partial charge < -0.3 is 4.74 Å². The molecule has 2 rings (SSSR count). The van der Waals surface area contributed by atoms with Gasteiger partial charge in [0.05, 0.1) is 22.0 Å². The minimum Gasteiger partial charge on any atom is -0.485 e. The molecular formula is C13H12Cl2N2O2. The van der Waals surface area contributed by atoms with Crippen LogP contribution in [0.3, 0.4) is 0 Å². The first-order chi connectivity index (χ1) is 9.01. The Balaban J connectivity index is 2.24. The van der Waals surface area contributed by atoms with Crippen molar-refractivity contribution >= 4 is 29.5 Å². The Morgan fingerprint density at radius 3 is 2.68 bits per heavy atom. The smallest absolute Gasteiger partial charge is 0.153 e. The summed E-state index contributed by atoms with van der Waals surface area (Å²) in [5, 5.41) is 4.93. The molecule has 19 heavy (non-hydrogen) atoms. The average molecular weight is 299 g/mol. The largest absolute Gasteiger partial charge is 0.485 e. The maximum atomic E-state index is 11.0. The topological polar surface area (TPSA) is 44.1 Å². The molecule has 1 aromatic heterocycles. The predicted molar refractivity (Wildman–Crippen MR) is 74.1 cm³/mol. The maximum absolute atomic E-state index is 11.0. The Morgan fingerprint density at radius 1 is 1.37 bits per heavy atom. The van der Waals surface area contributed by atoms with Crippen LogP contribution in [-0.2, 0) is 13.7 Å². The lowest BCUT2D eigenvalue weighted by Gasteiger charge is -2.10. The molecule has 0 aliphatic rings. The molecule has 2 aromatic rings. The van der Waals surface area contributed by atoms with Crippen molar-refractivity contribution < 1.29 is 9.53 Å². The van der Waals surface area contributed by atoms with Gasteiger partial charge in [0.25, 0.3) is 0 Å². The second-order valence-corrected chi connectivity index (χ2v) is 4.96. The molecule has 0 saturated carbocycles. The Kier molecular flexibility index (Phi) is 4.12. The number of nitrogens with zero attached hydrogens (tertiary/aromatic N) is 2. The number of carbonyl (C=O) groups is 1. The van der Waals surface area contributed by atoms with E-state index in [4.69, 9.17) is 27.9 Å². The number of hydrogen-bond donors (Lipinski definition) is 0. The second-order valence-electron chi connectivity index (χ2n) is 4.11. The number of ether oxygens (including phenoxy) is 1. The van der Waals surface area contributed by atoms with Crippen LogP contribution >= 0.6 is 23.2 Å². The quantitative estimate of drug-likeness (QED) is 0.812. The summed E-state index contributed by atoms with van der Waals surface area (Å²) in [6.45, 7) is 2.18. The van der Waals surface area contributed by atoms with Crippen molar-refractivity contribution in [3.63, 3.8) is 0 Å². The molecule has 0 spiro atoms. The molecule has 0 unspecified atom stereocenters. The molecule has 6 heteroatoms. The first kappa shape index (κ1) is 13.9. The number of halogens is 2. The van der Waals surface area contributed by atoms with E-state index in [1.165, 1.54) is 6.07 Å². The van der Waals surface area contributed by atoms with Crippen molar-refractivity contribution in [1.82, 2.24) is 9.78 Å². The lowest BCUT2D eigenvalue weighted by atomic mass is 10.2. The van der Waals surface area contributed by atoms with E-state index in [0.717, 1.165) is 11.4 Å². The van der Waals surface area contributed by atoms with E-state index in [9.17, 15) is 4.79 Å². The van der Waals surface area contributed by atoms with Crippen LogP contribution in [0.25, 0.3) is 0 Å². The van der Waals surface area contributed by atoms with E-state index < -0.39 is 0 Å². The van der Waals surface area contributed by atoms with Crippen LogP contribution in [-0.4, -0.2) is 16.1 Å². The van der Waals surface area contributed by atoms with Crippen molar-refractivity contribution in [3.05, 3.63) is 45.2 Å². The normalized spacial score (nSPS) is 10.5. The molecule has 0 aliphatic heterocycles. The van der Waals surface area contributed by atoms with Crippen LogP contribution in [0.1, 0.15) is 21.7 Å². The highest BCUT2D eigenvalue weighted by molar-refractivity contribution is 6.36. The van der Waals surface area contributed by atoms with Crippen molar-refractivity contribution in [1.29, 1.82) is 0 Å². The van der Waals surface area contributed by atoms with Gasteiger partial charge >= 0.3 is 0 Å². The van der Waals surface area contributed by atoms with Gasteiger partial charge in [0.15, 0.2) is 6.29 Å². The Labute approximate surface area is 120 Å². The summed E-state index contributed by atoms with van der Waals surface area (Å²) in [5.41, 5.74) is 2.12. The molecule has 0 N–H and O–H groups in total. The van der Waals surface area contributed by atoms with Gasteiger partial charge in [0.1, 0.15) is 12.4 Å². The monoisotopic (exact) mass is 298 g/mol. The maximum Gasteiger partial charge on any atom is 0.153 e. The highest BCUT2D eigenvalue weighted by atomic mass is 35.5. The van der Waals surface area contributed by atoms with Crippen molar-refractivity contribution in [2.75, 3.05) is 0 Å². The lowest BCUT2D eigenvalue weighted by molar-refractivity contribution is 0.111. The highest BCUT2D eigenvalue weighted by Crippen LogP contribution is 2.32. The number of benzene rings is 1. The average Bonchev–Trinajstić information content (AvgIpc) is 2.65. The molecular weight excluding hydrogens is 287 g/mol. The zero-order valence-corrected chi connectivity index (χ0v) is 12.0. The number of hydrogen-bond acceptors (Lipinski definition) is 3. The van der Waals surface area contributed by atoms with Crippen LogP contribution in [0.5, 0.6) is 5.75 Å². The summed E-state index contributed by atoms with van der Waals surface area (Å²) < 4.78 is 7.33. The summed E-state index contributed by atoms with van der Waals surface area (Å²) in [6.07, 6.45) is 0.668. The van der Waals surface area contributed by atoms with Gasteiger partial charge in [-0.3, -0.25) is 9.48 Å². The van der Waals surface area contributed by atoms with E-state index in [0.29, 0.717) is 27.6 Å². The first-order valence-corrected chi connectivity index (χ1v) is 6.33. The summed E-state index contributed by atoms with van der Waals surface area (Å²) in [5.74, 6) is 0.333. The summed E-state index contributed by atoms with van der Waals surface area (Å²) in [7, 11) is 1.83. The highest BCUT2D eigenvalue weighted by Gasteiger charge is 2.11. The van der Waals surface area contributed by atoms with Gasteiger partial charge in [-0.25, -0.2) is 0 Å². The third-order valence-electron chi connectivity index (χ3n) is 2.63.